The Labute approximate surface area is 620 Å². The van der Waals surface area contributed by atoms with E-state index in [2.05, 4.69) is 53.2 Å². The van der Waals surface area contributed by atoms with E-state index in [1.54, 1.807) is 96.9 Å². The van der Waals surface area contributed by atoms with Gasteiger partial charge in [-0.05, 0) is 113 Å². The number of carbonyl (C=O) groups excluding carboxylic acids is 15. The van der Waals surface area contributed by atoms with Crippen LogP contribution in [0.5, 0.6) is 0 Å². The van der Waals surface area contributed by atoms with E-state index in [1.165, 1.54) is 21.6 Å². The number of rotatable bonds is 39. The van der Waals surface area contributed by atoms with Crippen molar-refractivity contribution in [3.63, 3.8) is 0 Å². The van der Waals surface area contributed by atoms with Crippen molar-refractivity contribution in [1.82, 2.24) is 72.8 Å². The molecule has 35 heteroatoms. The number of carbonyl (C=O) groups is 16. The number of hydrogen-bond donors (Lipinski definition) is 15. The predicted octanol–water partition coefficient (Wildman–Crippen LogP) is -3.15. The molecule has 4 aliphatic heterocycles. The van der Waals surface area contributed by atoms with Crippen molar-refractivity contribution in [2.75, 3.05) is 39.3 Å². The summed E-state index contributed by atoms with van der Waals surface area (Å²) >= 11 is 0. The van der Waals surface area contributed by atoms with Gasteiger partial charge in [-0.25, -0.2) is 4.79 Å². The van der Waals surface area contributed by atoms with Crippen molar-refractivity contribution in [3.8, 4) is 0 Å². The fraction of sp³-hybridized carbons (Fsp3) is 0.775. The third kappa shape index (κ3) is 24.7. The lowest BCUT2D eigenvalue weighted by Crippen LogP contribution is -2.63. The predicted molar refractivity (Wildman–Crippen MR) is 385 cm³/mol. The number of carboxylic acids is 1. The lowest BCUT2D eigenvalue weighted by atomic mass is 9.95. The second kappa shape index (κ2) is 41.5. The molecule has 4 saturated heterocycles. The fourth-order valence-electron chi connectivity index (χ4n) is 13.4. The molecule has 17 N–H and O–H groups in total. The van der Waals surface area contributed by atoms with E-state index < -0.39 is 228 Å². The van der Waals surface area contributed by atoms with Gasteiger partial charge in [0.15, 0.2) is 0 Å². The number of amides is 15. The minimum atomic E-state index is -1.69. The minimum Gasteiger partial charge on any atom is -0.480 e. The van der Waals surface area contributed by atoms with Crippen molar-refractivity contribution in [2.24, 2.45) is 52.9 Å². The molecule has 0 bridgehead atoms. The number of primary amides is 1. The molecule has 0 saturated carbocycles. The SMILES string of the molecule is CC[C@H](C)[C@H](NC(=O)[C@@H](NC(=O)[C@@H](N)C(C)C)C(C)C)C(=O)N[C@@H](CCC(N)=O)C(=O)N1CCC[C@H]1C(=O)N[C@@H](CO)C(=O)N1CCC[C@H]1C(=O)N[C@H](C(=O)N[C@H](C(=O)N[C@H](C(=O)N[C@H](C(=O)N[C@@H](CC(C)C)C(=O)N1CCC[C@H]1C(=O)NCC(=O)N1CCC[C@H]1C(=O)O)[C@@H](C)O)C(C)C)C(C)C)C(C)C. The first-order valence-corrected chi connectivity index (χ1v) is 37.4. The summed E-state index contributed by atoms with van der Waals surface area (Å²) in [5.41, 5.74) is 11.6. The molecule has 598 valence electrons. The third-order valence-corrected chi connectivity index (χ3v) is 20.1. The van der Waals surface area contributed by atoms with Gasteiger partial charge in [-0.2, -0.15) is 0 Å². The van der Waals surface area contributed by atoms with Crippen LogP contribution in [-0.4, -0.2) is 260 Å². The molecule has 4 fully saturated rings. The standard InChI is InChI=1S/C71H120N16O19/c1-16-40(14)56(82-64(98)53(37(8)9)79-61(95)51(73)35(4)5)66(100)75-42(25-26-49(72)90)68(102)86-29-18-22-46(86)59(93)77-44(33-88)70(104)87-30-19-23-47(87)60(94)78-52(36(6)7)62(96)80-54(38(10)11)63(97)81-55(39(12)13)65(99)83-57(41(15)89)67(101)76-43(31-34(2)3)69(103)85-28-17-21-45(85)58(92)74-32-50(91)84-27-20-24-48(84)71(105)106/h34-48,51-57,88-89H,16-33,73H2,1-15H3,(H2,72,90)(H,74,92)(H,75,100)(H,76,101)(H,77,93)(H,78,94)(H,79,95)(H,80,96)(H,81,97)(H,82,98)(H,83,99)(H,105,106)/t40-,41+,42-,43-,44-,45-,46-,47-,48-,51-,52-,53-,54-,55-,56-,57-/m0/s1. The average molecular weight is 1500 g/mol. The third-order valence-electron chi connectivity index (χ3n) is 20.1. The number of hydrogen-bond acceptors (Lipinski definition) is 19. The molecule has 15 amide bonds. The molecule has 16 atom stereocenters. The van der Waals surface area contributed by atoms with Gasteiger partial charge in [0, 0.05) is 32.6 Å². The largest absolute Gasteiger partial charge is 0.480 e. The smallest absolute Gasteiger partial charge is 0.326 e. The Hall–Kier alpha value is -8.60. The van der Waals surface area contributed by atoms with Crippen molar-refractivity contribution < 1.29 is 92.0 Å². The summed E-state index contributed by atoms with van der Waals surface area (Å²) in [5, 5.41) is 57.5. The number of aliphatic hydroxyl groups is 2. The van der Waals surface area contributed by atoms with Gasteiger partial charge in [0.05, 0.1) is 25.3 Å². The number of likely N-dealkylation sites (tertiary alicyclic amines) is 4. The summed E-state index contributed by atoms with van der Waals surface area (Å²) in [4.78, 5) is 225. The van der Waals surface area contributed by atoms with Crippen LogP contribution in [-0.2, 0) is 76.7 Å². The molecule has 0 aromatic heterocycles. The molecule has 0 aromatic carbocycles. The summed E-state index contributed by atoms with van der Waals surface area (Å²) in [6.07, 6.45) is 0.341. The van der Waals surface area contributed by atoms with E-state index in [9.17, 15) is 92.0 Å². The highest BCUT2D eigenvalue weighted by Crippen LogP contribution is 2.26. The Morgan fingerprint density at radius 2 is 0.783 bits per heavy atom. The highest BCUT2D eigenvalue weighted by molar-refractivity contribution is 6.01. The van der Waals surface area contributed by atoms with Gasteiger partial charge < -0.3 is 99.6 Å². The van der Waals surface area contributed by atoms with E-state index in [-0.39, 0.29) is 95.8 Å². The second-order valence-electron chi connectivity index (χ2n) is 30.7. The maximum atomic E-state index is 14.5. The molecule has 35 nitrogen and oxygen atoms in total. The molecular weight excluding hydrogens is 1380 g/mol. The van der Waals surface area contributed by atoms with Gasteiger partial charge in [0.2, 0.25) is 88.6 Å². The number of aliphatic carboxylic acids is 1. The highest BCUT2D eigenvalue weighted by Gasteiger charge is 2.46. The monoisotopic (exact) mass is 1500 g/mol. The van der Waals surface area contributed by atoms with E-state index in [0.29, 0.717) is 19.3 Å². The quantitative estimate of drug-likeness (QED) is 0.0289. The zero-order chi connectivity index (χ0) is 80.0. The average Bonchev–Trinajstić information content (AvgIpc) is 1.59. The molecule has 4 heterocycles. The zero-order valence-corrected chi connectivity index (χ0v) is 64.2. The van der Waals surface area contributed by atoms with Crippen molar-refractivity contribution in [2.45, 2.75) is 272 Å². The highest BCUT2D eigenvalue weighted by atomic mass is 16.4. The molecular formula is C71H120N16O19. The van der Waals surface area contributed by atoms with Crippen LogP contribution in [0.2, 0.25) is 0 Å². The van der Waals surface area contributed by atoms with Gasteiger partial charge in [-0.15, -0.1) is 0 Å². The Morgan fingerprint density at radius 1 is 0.425 bits per heavy atom. The summed E-state index contributed by atoms with van der Waals surface area (Å²) in [6.45, 7) is 23.7. The van der Waals surface area contributed by atoms with Crippen molar-refractivity contribution in [3.05, 3.63) is 0 Å². The van der Waals surface area contributed by atoms with E-state index >= 15 is 0 Å². The van der Waals surface area contributed by atoms with Crippen LogP contribution in [0.1, 0.15) is 181 Å². The summed E-state index contributed by atoms with van der Waals surface area (Å²) < 4.78 is 0. The molecule has 4 aliphatic rings. The van der Waals surface area contributed by atoms with Gasteiger partial charge in [0.25, 0.3) is 0 Å². The zero-order valence-electron chi connectivity index (χ0n) is 64.2. The molecule has 0 unspecified atom stereocenters. The van der Waals surface area contributed by atoms with E-state index in [0.717, 1.165) is 4.90 Å². The van der Waals surface area contributed by atoms with Gasteiger partial charge in [-0.3, -0.25) is 71.9 Å². The lowest BCUT2D eigenvalue weighted by molar-refractivity contribution is -0.148. The fourth-order valence-corrected chi connectivity index (χ4v) is 13.4. The molecule has 106 heavy (non-hydrogen) atoms. The van der Waals surface area contributed by atoms with Crippen LogP contribution in [0.3, 0.4) is 0 Å². The Morgan fingerprint density at radius 3 is 1.19 bits per heavy atom. The van der Waals surface area contributed by atoms with E-state index in [4.69, 9.17) is 11.5 Å². The summed E-state index contributed by atoms with van der Waals surface area (Å²) in [7, 11) is 0. The van der Waals surface area contributed by atoms with Crippen LogP contribution in [0, 0.1) is 41.4 Å². The van der Waals surface area contributed by atoms with Crippen LogP contribution in [0.25, 0.3) is 0 Å². The lowest BCUT2D eigenvalue weighted by Gasteiger charge is -2.33. The molecule has 0 aliphatic carbocycles. The number of nitrogens with two attached hydrogens (primary N) is 2. The Bertz CT molecular complexity index is 3150. The first kappa shape index (κ1) is 89.8. The number of aliphatic hydroxyl groups excluding tert-OH is 2. The Balaban J connectivity index is 1.43. The molecule has 0 aromatic rings. The van der Waals surface area contributed by atoms with E-state index in [1.807, 2.05) is 0 Å². The van der Waals surface area contributed by atoms with Crippen molar-refractivity contribution in [1.29, 1.82) is 0 Å². The molecule has 0 radical (unpaired) electrons. The number of nitrogens with one attached hydrogen (secondary N) is 10. The van der Waals surface area contributed by atoms with Crippen LogP contribution < -0.4 is 64.6 Å². The minimum absolute atomic E-state index is 0.00306. The van der Waals surface area contributed by atoms with Gasteiger partial charge >= 0.3 is 5.97 Å². The Kier molecular flexibility index (Phi) is 35.2. The van der Waals surface area contributed by atoms with Crippen LogP contribution in [0.4, 0.5) is 0 Å². The van der Waals surface area contributed by atoms with Crippen LogP contribution in [0.15, 0.2) is 0 Å². The second-order valence-corrected chi connectivity index (χ2v) is 30.7. The topological polar surface area (TPSA) is 519 Å². The van der Waals surface area contributed by atoms with Crippen molar-refractivity contribution >= 4 is 94.6 Å². The molecule has 0 spiro atoms. The number of nitrogens with zero attached hydrogens (tertiary/aromatic N) is 4. The van der Waals surface area contributed by atoms with Gasteiger partial charge in [-0.1, -0.05) is 103 Å². The first-order valence-electron chi connectivity index (χ1n) is 37.4. The summed E-state index contributed by atoms with van der Waals surface area (Å²) in [5.74, 6) is -16.1. The van der Waals surface area contributed by atoms with Gasteiger partial charge in [0.1, 0.15) is 78.5 Å². The number of carboxylic acid groups (broad SMARTS) is 1. The first-order chi connectivity index (χ1) is 49.6. The molecule has 4 rings (SSSR count). The maximum Gasteiger partial charge on any atom is 0.326 e. The summed E-state index contributed by atoms with van der Waals surface area (Å²) in [6, 6.07) is -17.9. The van der Waals surface area contributed by atoms with Crippen LogP contribution >= 0.6 is 0 Å². The maximum absolute atomic E-state index is 14.5. The normalized spacial score (nSPS) is 20.8.